The average Bonchev–Trinajstić information content (AvgIpc) is 1.99. The van der Waals surface area contributed by atoms with Crippen LogP contribution >= 0.6 is 0 Å². The molecule has 0 aliphatic carbocycles. The quantitative estimate of drug-likeness (QED) is 0.798. The first-order chi connectivity index (χ1) is 6.83. The molecule has 6 heteroatoms. The van der Waals surface area contributed by atoms with Gasteiger partial charge in [-0.3, -0.25) is 4.79 Å². The van der Waals surface area contributed by atoms with Crippen LogP contribution in [0, 0.1) is 11.6 Å². The summed E-state index contributed by atoms with van der Waals surface area (Å²) in [6.07, 6.45) is -1.53. The van der Waals surface area contributed by atoms with E-state index in [1.54, 1.807) is 0 Å². The lowest BCUT2D eigenvalue weighted by molar-refractivity contribution is -0.145. The maximum atomic E-state index is 13.1. The van der Waals surface area contributed by atoms with Crippen LogP contribution in [0.25, 0.3) is 0 Å². The molecule has 82 valence electrons. The molecule has 0 aliphatic rings. The molecular formula is C9H6F4O2. The Bertz CT molecular complexity index is 390. The molecule has 0 atom stereocenters. The first-order valence-corrected chi connectivity index (χ1v) is 3.88. The molecule has 0 aliphatic heterocycles. The SMILES string of the molecule is O=C(O)CC(F)(F)c1ccc(F)cc1F. The van der Waals surface area contributed by atoms with Gasteiger partial charge in [-0.25, -0.2) is 17.6 Å². The van der Waals surface area contributed by atoms with Gasteiger partial charge < -0.3 is 5.11 Å². The van der Waals surface area contributed by atoms with Crippen LogP contribution < -0.4 is 0 Å². The van der Waals surface area contributed by atoms with Crippen molar-refractivity contribution in [1.82, 2.24) is 0 Å². The fourth-order valence-electron chi connectivity index (χ4n) is 1.07. The predicted molar refractivity (Wildman–Crippen MR) is 42.5 cm³/mol. The van der Waals surface area contributed by atoms with E-state index in [1.807, 2.05) is 0 Å². The summed E-state index contributed by atoms with van der Waals surface area (Å²) in [6.45, 7) is 0. The van der Waals surface area contributed by atoms with Gasteiger partial charge in [0.2, 0.25) is 0 Å². The van der Waals surface area contributed by atoms with E-state index in [0.717, 1.165) is 0 Å². The van der Waals surface area contributed by atoms with Crippen molar-refractivity contribution in [2.24, 2.45) is 0 Å². The molecule has 0 radical (unpaired) electrons. The van der Waals surface area contributed by atoms with Crippen molar-refractivity contribution in [2.75, 3.05) is 0 Å². The molecule has 0 aromatic heterocycles. The summed E-state index contributed by atoms with van der Waals surface area (Å²) in [5.74, 6) is -8.06. The van der Waals surface area contributed by atoms with Gasteiger partial charge in [0.1, 0.15) is 18.1 Å². The Kier molecular flexibility index (Phi) is 2.97. The summed E-state index contributed by atoms with van der Waals surface area (Å²) in [5, 5.41) is 8.18. The Hall–Kier alpha value is -1.59. The van der Waals surface area contributed by atoms with Gasteiger partial charge in [0.15, 0.2) is 0 Å². The van der Waals surface area contributed by atoms with Gasteiger partial charge >= 0.3 is 5.97 Å². The molecule has 1 rings (SSSR count). The molecule has 0 saturated heterocycles. The summed E-state index contributed by atoms with van der Waals surface area (Å²) >= 11 is 0. The number of benzene rings is 1. The predicted octanol–water partition coefficient (Wildman–Crippen LogP) is 2.53. The summed E-state index contributed by atoms with van der Waals surface area (Å²) in [4.78, 5) is 10.1. The van der Waals surface area contributed by atoms with Crippen LogP contribution in [0.5, 0.6) is 0 Å². The van der Waals surface area contributed by atoms with Crippen molar-refractivity contribution < 1.29 is 27.5 Å². The van der Waals surface area contributed by atoms with Crippen LogP contribution in [0.1, 0.15) is 12.0 Å². The van der Waals surface area contributed by atoms with E-state index in [9.17, 15) is 22.4 Å². The summed E-state index contributed by atoms with van der Waals surface area (Å²) in [6, 6.07) is 1.47. The average molecular weight is 222 g/mol. The van der Waals surface area contributed by atoms with Crippen LogP contribution in [0.2, 0.25) is 0 Å². The highest BCUT2D eigenvalue weighted by Gasteiger charge is 2.37. The summed E-state index contributed by atoms with van der Waals surface area (Å²) in [5.41, 5.74) is -1.12. The maximum Gasteiger partial charge on any atom is 0.309 e. The number of hydrogen-bond donors (Lipinski definition) is 1. The Balaban J connectivity index is 3.09. The third kappa shape index (κ3) is 2.68. The van der Waals surface area contributed by atoms with Crippen LogP contribution in [0.15, 0.2) is 18.2 Å². The molecule has 1 N–H and O–H groups in total. The molecule has 0 fully saturated rings. The molecule has 15 heavy (non-hydrogen) atoms. The summed E-state index contributed by atoms with van der Waals surface area (Å²) in [7, 11) is 0. The summed E-state index contributed by atoms with van der Waals surface area (Å²) < 4.78 is 51.4. The number of carboxylic acid groups (broad SMARTS) is 1. The molecule has 1 aromatic carbocycles. The van der Waals surface area contributed by atoms with E-state index in [0.29, 0.717) is 12.1 Å². The first kappa shape index (κ1) is 11.5. The highest BCUT2D eigenvalue weighted by atomic mass is 19.3. The molecule has 0 spiro atoms. The van der Waals surface area contributed by atoms with E-state index in [4.69, 9.17) is 5.11 Å². The second-order valence-electron chi connectivity index (χ2n) is 2.90. The normalized spacial score (nSPS) is 11.5. The van der Waals surface area contributed by atoms with E-state index >= 15 is 0 Å². The van der Waals surface area contributed by atoms with Gasteiger partial charge in [-0.05, 0) is 12.1 Å². The fourth-order valence-corrected chi connectivity index (χ4v) is 1.07. The van der Waals surface area contributed by atoms with Gasteiger partial charge in [-0.2, -0.15) is 0 Å². The highest BCUT2D eigenvalue weighted by molar-refractivity contribution is 5.68. The monoisotopic (exact) mass is 222 g/mol. The zero-order chi connectivity index (χ0) is 11.6. The minimum Gasteiger partial charge on any atom is -0.481 e. The van der Waals surface area contributed by atoms with Crippen LogP contribution in [-0.4, -0.2) is 11.1 Å². The molecule has 2 nitrogen and oxygen atoms in total. The van der Waals surface area contributed by atoms with Gasteiger partial charge in [0, 0.05) is 6.07 Å². The number of hydrogen-bond acceptors (Lipinski definition) is 1. The lowest BCUT2D eigenvalue weighted by Crippen LogP contribution is -2.20. The van der Waals surface area contributed by atoms with E-state index < -0.39 is 35.5 Å². The maximum absolute atomic E-state index is 13.1. The molecule has 0 saturated carbocycles. The molecule has 0 bridgehead atoms. The number of carbonyl (C=O) groups is 1. The zero-order valence-electron chi connectivity index (χ0n) is 7.31. The Morgan fingerprint density at radius 3 is 2.40 bits per heavy atom. The van der Waals surface area contributed by atoms with Crippen molar-refractivity contribution in [1.29, 1.82) is 0 Å². The van der Waals surface area contributed by atoms with Crippen molar-refractivity contribution in [3.63, 3.8) is 0 Å². The third-order valence-corrected chi connectivity index (χ3v) is 1.70. The number of rotatable bonds is 3. The van der Waals surface area contributed by atoms with Crippen LogP contribution in [-0.2, 0) is 10.7 Å². The van der Waals surface area contributed by atoms with Crippen LogP contribution in [0.3, 0.4) is 0 Å². The Labute approximate surface area is 82.1 Å². The highest BCUT2D eigenvalue weighted by Crippen LogP contribution is 2.33. The lowest BCUT2D eigenvalue weighted by atomic mass is 10.0. The number of alkyl halides is 2. The second-order valence-corrected chi connectivity index (χ2v) is 2.90. The fraction of sp³-hybridized carbons (Fsp3) is 0.222. The molecule has 0 heterocycles. The van der Waals surface area contributed by atoms with Gasteiger partial charge in [-0.1, -0.05) is 0 Å². The van der Waals surface area contributed by atoms with Gasteiger partial charge in [-0.15, -0.1) is 0 Å². The third-order valence-electron chi connectivity index (χ3n) is 1.70. The van der Waals surface area contributed by atoms with Gasteiger partial charge in [0.25, 0.3) is 5.92 Å². The zero-order valence-corrected chi connectivity index (χ0v) is 7.31. The number of halogens is 4. The van der Waals surface area contributed by atoms with Crippen molar-refractivity contribution >= 4 is 5.97 Å². The van der Waals surface area contributed by atoms with Crippen LogP contribution in [0.4, 0.5) is 17.6 Å². The van der Waals surface area contributed by atoms with Crippen molar-refractivity contribution in [3.05, 3.63) is 35.4 Å². The minimum atomic E-state index is -3.84. The van der Waals surface area contributed by atoms with Crippen molar-refractivity contribution in [2.45, 2.75) is 12.3 Å². The van der Waals surface area contributed by atoms with Crippen molar-refractivity contribution in [3.8, 4) is 0 Å². The Morgan fingerprint density at radius 1 is 1.33 bits per heavy atom. The smallest absolute Gasteiger partial charge is 0.309 e. The Morgan fingerprint density at radius 2 is 1.93 bits per heavy atom. The first-order valence-electron chi connectivity index (χ1n) is 3.88. The molecule has 0 amide bonds. The van der Waals surface area contributed by atoms with E-state index in [-0.39, 0.29) is 6.07 Å². The molecular weight excluding hydrogens is 216 g/mol. The molecule has 0 unspecified atom stereocenters. The topological polar surface area (TPSA) is 37.3 Å². The number of carboxylic acids is 1. The van der Waals surface area contributed by atoms with E-state index in [1.165, 1.54) is 0 Å². The lowest BCUT2D eigenvalue weighted by Gasteiger charge is -2.14. The van der Waals surface area contributed by atoms with E-state index in [2.05, 4.69) is 0 Å². The van der Waals surface area contributed by atoms with Gasteiger partial charge in [0.05, 0.1) is 5.56 Å². The molecule has 1 aromatic rings. The number of aliphatic carboxylic acids is 1. The second kappa shape index (κ2) is 3.88. The minimum absolute atomic E-state index is 0.283. The standard InChI is InChI=1S/C9H6F4O2/c10-5-1-2-6(7(11)3-5)9(12,13)4-8(14)15/h1-3H,4H2,(H,14,15). The largest absolute Gasteiger partial charge is 0.481 e.